The fourth-order valence-electron chi connectivity index (χ4n) is 1.93. The SMILES string of the molecule is CCNC(=NCc1ccccc1CC)NCC(C)(C)OC. The molecule has 0 bridgehead atoms. The smallest absolute Gasteiger partial charge is 0.191 e. The molecule has 0 saturated carbocycles. The van der Waals surface area contributed by atoms with Gasteiger partial charge in [-0.1, -0.05) is 31.2 Å². The Kier molecular flexibility index (Phi) is 7.23. The highest BCUT2D eigenvalue weighted by Gasteiger charge is 2.16. The maximum absolute atomic E-state index is 5.42. The Morgan fingerprint density at radius 3 is 2.38 bits per heavy atom. The van der Waals surface area contributed by atoms with E-state index in [-0.39, 0.29) is 5.60 Å². The Hall–Kier alpha value is -1.55. The molecule has 0 heterocycles. The normalized spacial score (nSPS) is 12.3. The van der Waals surface area contributed by atoms with Crippen LogP contribution in [0, 0.1) is 0 Å². The van der Waals surface area contributed by atoms with E-state index in [1.54, 1.807) is 7.11 Å². The quantitative estimate of drug-likeness (QED) is 0.600. The molecular formula is C17H29N3O. The van der Waals surface area contributed by atoms with Gasteiger partial charge in [-0.2, -0.15) is 0 Å². The number of hydrogen-bond donors (Lipinski definition) is 2. The first-order valence-corrected chi connectivity index (χ1v) is 7.66. The number of aliphatic imine (C=N–C) groups is 1. The molecule has 0 amide bonds. The third-order valence-electron chi connectivity index (χ3n) is 3.49. The van der Waals surface area contributed by atoms with Crippen molar-refractivity contribution in [1.29, 1.82) is 0 Å². The molecule has 0 spiro atoms. The van der Waals surface area contributed by atoms with Gasteiger partial charge in [-0.05, 0) is 38.3 Å². The first kappa shape index (κ1) is 17.5. The van der Waals surface area contributed by atoms with E-state index in [1.165, 1.54) is 11.1 Å². The lowest BCUT2D eigenvalue weighted by atomic mass is 10.1. The molecule has 1 aromatic rings. The summed E-state index contributed by atoms with van der Waals surface area (Å²) in [5, 5.41) is 6.60. The molecular weight excluding hydrogens is 262 g/mol. The molecule has 1 aromatic carbocycles. The van der Waals surface area contributed by atoms with Gasteiger partial charge in [0.05, 0.1) is 12.1 Å². The minimum Gasteiger partial charge on any atom is -0.377 e. The van der Waals surface area contributed by atoms with Gasteiger partial charge < -0.3 is 15.4 Å². The van der Waals surface area contributed by atoms with Crippen molar-refractivity contribution in [3.63, 3.8) is 0 Å². The predicted octanol–water partition coefficient (Wildman–Crippen LogP) is 2.73. The molecule has 0 atom stereocenters. The van der Waals surface area contributed by atoms with Crippen molar-refractivity contribution in [2.24, 2.45) is 4.99 Å². The zero-order valence-electron chi connectivity index (χ0n) is 14.0. The van der Waals surface area contributed by atoms with E-state index >= 15 is 0 Å². The Morgan fingerprint density at radius 1 is 1.14 bits per heavy atom. The monoisotopic (exact) mass is 291 g/mol. The molecule has 2 N–H and O–H groups in total. The first-order chi connectivity index (χ1) is 10.0. The van der Waals surface area contributed by atoms with Crippen molar-refractivity contribution in [2.75, 3.05) is 20.2 Å². The molecule has 0 aliphatic heterocycles. The molecule has 0 unspecified atom stereocenters. The van der Waals surface area contributed by atoms with Gasteiger partial charge in [0, 0.05) is 20.2 Å². The fourth-order valence-corrected chi connectivity index (χ4v) is 1.93. The molecule has 0 aliphatic carbocycles. The van der Waals surface area contributed by atoms with E-state index in [1.807, 2.05) is 0 Å². The molecule has 0 radical (unpaired) electrons. The Morgan fingerprint density at radius 2 is 1.81 bits per heavy atom. The number of rotatable bonds is 7. The van der Waals surface area contributed by atoms with Crippen LogP contribution < -0.4 is 10.6 Å². The van der Waals surface area contributed by atoms with E-state index < -0.39 is 0 Å². The summed E-state index contributed by atoms with van der Waals surface area (Å²) < 4.78 is 5.42. The van der Waals surface area contributed by atoms with Crippen LogP contribution in [0.3, 0.4) is 0 Å². The number of guanidine groups is 1. The lowest BCUT2D eigenvalue weighted by Crippen LogP contribution is -2.45. The average molecular weight is 291 g/mol. The standard InChI is InChI=1S/C17H29N3O/c1-6-14-10-8-9-11-15(14)12-19-16(18-7-2)20-13-17(3,4)21-5/h8-11H,6-7,12-13H2,1-5H3,(H2,18,19,20). The predicted molar refractivity (Wildman–Crippen MR) is 89.7 cm³/mol. The summed E-state index contributed by atoms with van der Waals surface area (Å²) in [5.74, 6) is 0.827. The lowest BCUT2D eigenvalue weighted by molar-refractivity contribution is 0.0268. The van der Waals surface area contributed by atoms with Crippen LogP contribution in [0.5, 0.6) is 0 Å². The number of hydrogen-bond acceptors (Lipinski definition) is 2. The van der Waals surface area contributed by atoms with Crippen LogP contribution in [-0.4, -0.2) is 31.8 Å². The van der Waals surface area contributed by atoms with E-state index in [2.05, 4.69) is 67.6 Å². The van der Waals surface area contributed by atoms with Gasteiger partial charge in [0.15, 0.2) is 5.96 Å². The van der Waals surface area contributed by atoms with Gasteiger partial charge >= 0.3 is 0 Å². The van der Waals surface area contributed by atoms with Crippen LogP contribution in [0.1, 0.15) is 38.8 Å². The van der Waals surface area contributed by atoms with E-state index in [9.17, 15) is 0 Å². The highest BCUT2D eigenvalue weighted by atomic mass is 16.5. The van der Waals surface area contributed by atoms with Gasteiger partial charge in [-0.25, -0.2) is 4.99 Å². The number of nitrogens with one attached hydrogen (secondary N) is 2. The van der Waals surface area contributed by atoms with Crippen molar-refractivity contribution in [2.45, 2.75) is 46.3 Å². The second-order valence-electron chi connectivity index (χ2n) is 5.63. The molecule has 4 heteroatoms. The summed E-state index contributed by atoms with van der Waals surface area (Å²) in [6.45, 7) is 10.6. The minimum absolute atomic E-state index is 0.211. The molecule has 0 saturated heterocycles. The maximum atomic E-state index is 5.42. The Bertz CT molecular complexity index is 455. The molecule has 0 fully saturated rings. The highest BCUT2D eigenvalue weighted by molar-refractivity contribution is 5.79. The van der Waals surface area contributed by atoms with Gasteiger partial charge in [-0.3, -0.25) is 0 Å². The second-order valence-corrected chi connectivity index (χ2v) is 5.63. The number of benzene rings is 1. The number of methoxy groups -OCH3 is 1. The Balaban J connectivity index is 2.71. The van der Waals surface area contributed by atoms with Crippen LogP contribution in [0.15, 0.2) is 29.3 Å². The fraction of sp³-hybridized carbons (Fsp3) is 0.588. The molecule has 4 nitrogen and oxygen atoms in total. The average Bonchev–Trinajstić information content (AvgIpc) is 2.50. The van der Waals surface area contributed by atoms with Crippen LogP contribution in [0.2, 0.25) is 0 Å². The summed E-state index contributed by atoms with van der Waals surface area (Å²) in [4.78, 5) is 4.67. The van der Waals surface area contributed by atoms with Crippen molar-refractivity contribution in [1.82, 2.24) is 10.6 Å². The lowest BCUT2D eigenvalue weighted by Gasteiger charge is -2.24. The van der Waals surface area contributed by atoms with Gasteiger partial charge in [-0.15, -0.1) is 0 Å². The van der Waals surface area contributed by atoms with Crippen molar-refractivity contribution < 1.29 is 4.74 Å². The van der Waals surface area contributed by atoms with E-state index in [0.29, 0.717) is 13.1 Å². The summed E-state index contributed by atoms with van der Waals surface area (Å²) in [6.07, 6.45) is 1.03. The third-order valence-corrected chi connectivity index (χ3v) is 3.49. The zero-order valence-corrected chi connectivity index (χ0v) is 14.0. The summed E-state index contributed by atoms with van der Waals surface area (Å²) in [5.41, 5.74) is 2.43. The van der Waals surface area contributed by atoms with Crippen LogP contribution in [0.4, 0.5) is 0 Å². The summed E-state index contributed by atoms with van der Waals surface area (Å²) in [6, 6.07) is 8.46. The van der Waals surface area contributed by atoms with Crippen molar-refractivity contribution >= 4 is 5.96 Å². The second kappa shape index (κ2) is 8.67. The molecule has 118 valence electrons. The Labute approximate surface area is 129 Å². The number of nitrogens with zero attached hydrogens (tertiary/aromatic N) is 1. The zero-order chi connectivity index (χ0) is 15.7. The van der Waals surface area contributed by atoms with E-state index in [0.717, 1.165) is 18.9 Å². The molecule has 21 heavy (non-hydrogen) atoms. The largest absolute Gasteiger partial charge is 0.377 e. The van der Waals surface area contributed by atoms with Gasteiger partial charge in [0.2, 0.25) is 0 Å². The molecule has 0 aliphatic rings. The van der Waals surface area contributed by atoms with Crippen LogP contribution in [0.25, 0.3) is 0 Å². The third kappa shape index (κ3) is 6.17. The number of aryl methyl sites for hydroxylation is 1. The maximum Gasteiger partial charge on any atom is 0.191 e. The molecule has 0 aromatic heterocycles. The van der Waals surface area contributed by atoms with Gasteiger partial charge in [0.25, 0.3) is 0 Å². The van der Waals surface area contributed by atoms with Gasteiger partial charge in [0.1, 0.15) is 0 Å². The summed E-state index contributed by atoms with van der Waals surface area (Å²) >= 11 is 0. The summed E-state index contributed by atoms with van der Waals surface area (Å²) in [7, 11) is 1.73. The van der Waals surface area contributed by atoms with E-state index in [4.69, 9.17) is 4.74 Å². The minimum atomic E-state index is -0.211. The number of ether oxygens (including phenoxy) is 1. The van der Waals surface area contributed by atoms with Crippen molar-refractivity contribution in [3.05, 3.63) is 35.4 Å². The first-order valence-electron chi connectivity index (χ1n) is 7.66. The highest BCUT2D eigenvalue weighted by Crippen LogP contribution is 2.10. The molecule has 1 rings (SSSR count). The van der Waals surface area contributed by atoms with Crippen LogP contribution >= 0.6 is 0 Å². The van der Waals surface area contributed by atoms with Crippen LogP contribution in [-0.2, 0) is 17.7 Å². The van der Waals surface area contributed by atoms with Crippen molar-refractivity contribution in [3.8, 4) is 0 Å². The topological polar surface area (TPSA) is 45.7 Å².